The maximum Gasteiger partial charge on any atom is 0.234 e. The molecule has 110 valence electrons. The van der Waals surface area contributed by atoms with E-state index in [1.807, 2.05) is 13.0 Å². The Hall–Kier alpha value is -1.99. The predicted molar refractivity (Wildman–Crippen MR) is 86.4 cm³/mol. The van der Waals surface area contributed by atoms with Gasteiger partial charge in [-0.15, -0.1) is 0 Å². The van der Waals surface area contributed by atoms with E-state index >= 15 is 0 Å². The normalized spacial score (nSPS) is 10.4. The van der Waals surface area contributed by atoms with E-state index in [0.29, 0.717) is 15.9 Å². The average molecular weight is 324 g/mol. The fraction of sp³-hybridized carbons (Fsp3) is 0.154. The minimum Gasteiger partial charge on any atom is -0.383 e. The van der Waals surface area contributed by atoms with Crippen LogP contribution >= 0.6 is 23.4 Å². The molecule has 2 aromatic rings. The first-order valence-electron chi connectivity index (χ1n) is 6.03. The van der Waals surface area contributed by atoms with E-state index in [4.69, 9.17) is 23.1 Å². The topological polar surface area (TPSA) is 107 Å². The van der Waals surface area contributed by atoms with Gasteiger partial charge in [-0.3, -0.25) is 4.79 Å². The molecule has 1 heterocycles. The molecule has 1 aromatic carbocycles. The molecule has 0 saturated heterocycles. The van der Waals surface area contributed by atoms with Gasteiger partial charge in [0.1, 0.15) is 11.6 Å². The molecule has 0 aliphatic heterocycles. The van der Waals surface area contributed by atoms with Crippen LogP contribution in [0.3, 0.4) is 0 Å². The van der Waals surface area contributed by atoms with Gasteiger partial charge in [0.2, 0.25) is 5.91 Å². The number of anilines is 3. The molecule has 21 heavy (non-hydrogen) atoms. The number of nitrogens with one attached hydrogen (secondary N) is 1. The molecular formula is C13H14ClN5OS. The molecule has 0 bridgehead atoms. The molecule has 0 aliphatic rings. The Morgan fingerprint density at radius 1 is 1.29 bits per heavy atom. The number of aryl methyl sites for hydroxylation is 1. The number of halogens is 1. The quantitative estimate of drug-likeness (QED) is 0.589. The van der Waals surface area contributed by atoms with Gasteiger partial charge >= 0.3 is 0 Å². The highest BCUT2D eigenvalue weighted by Gasteiger charge is 2.08. The van der Waals surface area contributed by atoms with Crippen LogP contribution in [-0.4, -0.2) is 21.6 Å². The monoisotopic (exact) mass is 323 g/mol. The lowest BCUT2D eigenvalue weighted by Crippen LogP contribution is -2.15. The van der Waals surface area contributed by atoms with Crippen molar-refractivity contribution in [1.29, 1.82) is 0 Å². The summed E-state index contributed by atoms with van der Waals surface area (Å²) in [4.78, 5) is 19.9. The van der Waals surface area contributed by atoms with Gasteiger partial charge in [0.05, 0.1) is 5.75 Å². The molecular weight excluding hydrogens is 310 g/mol. The Bertz CT molecular complexity index is 659. The van der Waals surface area contributed by atoms with Crippen LogP contribution in [0, 0.1) is 6.92 Å². The summed E-state index contributed by atoms with van der Waals surface area (Å²) in [5.74, 6) is 0.511. The zero-order chi connectivity index (χ0) is 15.4. The van der Waals surface area contributed by atoms with Crippen molar-refractivity contribution in [3.63, 3.8) is 0 Å². The molecule has 1 amide bonds. The van der Waals surface area contributed by atoms with Crippen LogP contribution in [0.15, 0.2) is 29.4 Å². The van der Waals surface area contributed by atoms with Gasteiger partial charge < -0.3 is 16.8 Å². The highest BCUT2D eigenvalue weighted by molar-refractivity contribution is 7.99. The average Bonchev–Trinajstić information content (AvgIpc) is 2.40. The van der Waals surface area contributed by atoms with Crippen molar-refractivity contribution in [3.05, 3.63) is 34.9 Å². The number of nitrogens with two attached hydrogens (primary N) is 2. The third-order valence-corrected chi connectivity index (χ3v) is 3.63. The minimum absolute atomic E-state index is 0.148. The van der Waals surface area contributed by atoms with Crippen LogP contribution < -0.4 is 16.8 Å². The molecule has 6 nitrogen and oxygen atoms in total. The summed E-state index contributed by atoms with van der Waals surface area (Å²) in [6, 6.07) is 6.77. The number of hydrogen-bond acceptors (Lipinski definition) is 6. The highest BCUT2D eigenvalue weighted by atomic mass is 35.5. The number of nitrogens with zero attached hydrogens (tertiary/aromatic N) is 2. The third-order valence-electron chi connectivity index (χ3n) is 2.55. The summed E-state index contributed by atoms with van der Waals surface area (Å²) in [6.45, 7) is 1.89. The Morgan fingerprint density at radius 3 is 2.62 bits per heavy atom. The van der Waals surface area contributed by atoms with E-state index in [0.717, 1.165) is 17.3 Å². The van der Waals surface area contributed by atoms with Crippen molar-refractivity contribution in [2.24, 2.45) is 0 Å². The molecule has 0 radical (unpaired) electrons. The molecule has 5 N–H and O–H groups in total. The van der Waals surface area contributed by atoms with Gasteiger partial charge in [0.15, 0.2) is 5.16 Å². The summed E-state index contributed by atoms with van der Waals surface area (Å²) in [7, 11) is 0. The first-order valence-corrected chi connectivity index (χ1v) is 7.39. The summed E-state index contributed by atoms with van der Waals surface area (Å²) >= 11 is 7.06. The van der Waals surface area contributed by atoms with Crippen LogP contribution in [0.5, 0.6) is 0 Å². The second-order valence-corrected chi connectivity index (χ2v) is 5.68. The summed E-state index contributed by atoms with van der Waals surface area (Å²) in [5, 5.41) is 3.72. The largest absolute Gasteiger partial charge is 0.383 e. The molecule has 0 fully saturated rings. The molecule has 0 unspecified atom stereocenters. The molecule has 0 aliphatic carbocycles. The molecule has 0 atom stereocenters. The second kappa shape index (κ2) is 6.64. The Labute approximate surface area is 131 Å². The van der Waals surface area contributed by atoms with Gasteiger partial charge in [0, 0.05) is 16.8 Å². The first-order chi connectivity index (χ1) is 9.94. The fourth-order valence-corrected chi connectivity index (χ4v) is 2.42. The predicted octanol–water partition coefficient (Wildman–Crippen LogP) is 2.33. The maximum absolute atomic E-state index is 11.9. The van der Waals surface area contributed by atoms with Gasteiger partial charge in [-0.05, 0) is 24.6 Å². The summed E-state index contributed by atoms with van der Waals surface area (Å²) < 4.78 is 0. The maximum atomic E-state index is 11.9. The van der Waals surface area contributed by atoms with Crippen molar-refractivity contribution in [2.75, 3.05) is 22.5 Å². The number of carbonyl (C=O) groups is 1. The van der Waals surface area contributed by atoms with Crippen molar-refractivity contribution in [2.45, 2.75) is 12.1 Å². The van der Waals surface area contributed by atoms with E-state index < -0.39 is 0 Å². The Morgan fingerprint density at radius 2 is 1.95 bits per heavy atom. The van der Waals surface area contributed by atoms with E-state index in [9.17, 15) is 4.79 Å². The van der Waals surface area contributed by atoms with E-state index in [2.05, 4.69) is 15.3 Å². The van der Waals surface area contributed by atoms with Crippen molar-refractivity contribution in [1.82, 2.24) is 9.97 Å². The molecule has 2 rings (SSSR count). The number of thioether (sulfide) groups is 1. The molecule has 0 spiro atoms. The van der Waals surface area contributed by atoms with Crippen LogP contribution in [0.25, 0.3) is 0 Å². The van der Waals surface area contributed by atoms with E-state index in [1.54, 1.807) is 12.1 Å². The van der Waals surface area contributed by atoms with Crippen molar-refractivity contribution >= 4 is 46.6 Å². The first kappa shape index (κ1) is 15.4. The van der Waals surface area contributed by atoms with Gasteiger partial charge in [0.25, 0.3) is 0 Å². The lowest BCUT2D eigenvalue weighted by molar-refractivity contribution is -0.113. The highest BCUT2D eigenvalue weighted by Crippen LogP contribution is 2.21. The number of benzene rings is 1. The van der Waals surface area contributed by atoms with Crippen LogP contribution in [0.1, 0.15) is 5.56 Å². The third kappa shape index (κ3) is 4.51. The van der Waals surface area contributed by atoms with Crippen molar-refractivity contribution in [3.8, 4) is 0 Å². The second-order valence-electron chi connectivity index (χ2n) is 4.30. The lowest BCUT2D eigenvalue weighted by atomic mass is 10.2. The number of amides is 1. The number of rotatable bonds is 4. The van der Waals surface area contributed by atoms with Gasteiger partial charge in [-0.25, -0.2) is 9.97 Å². The lowest BCUT2D eigenvalue weighted by Gasteiger charge is -2.08. The number of carbonyl (C=O) groups excluding carboxylic acids is 1. The fourth-order valence-electron chi connectivity index (χ4n) is 1.57. The minimum atomic E-state index is -0.185. The van der Waals surface area contributed by atoms with Crippen LogP contribution in [0.4, 0.5) is 17.3 Å². The SMILES string of the molecule is Cc1ccc(Cl)cc1NC(=O)CSc1nc(N)cc(N)n1. The Kier molecular flexibility index (Phi) is 4.87. The molecule has 0 saturated carbocycles. The zero-order valence-corrected chi connectivity index (χ0v) is 12.8. The summed E-state index contributed by atoms with van der Waals surface area (Å²) in [5.41, 5.74) is 12.7. The van der Waals surface area contributed by atoms with E-state index in [1.165, 1.54) is 6.07 Å². The number of hydrogen-bond donors (Lipinski definition) is 3. The Balaban J connectivity index is 1.97. The van der Waals surface area contributed by atoms with Crippen LogP contribution in [0.2, 0.25) is 5.02 Å². The molecule has 1 aromatic heterocycles. The number of aromatic nitrogens is 2. The smallest absolute Gasteiger partial charge is 0.234 e. The zero-order valence-electron chi connectivity index (χ0n) is 11.3. The number of nitrogen functional groups attached to an aromatic ring is 2. The van der Waals surface area contributed by atoms with Crippen LogP contribution in [-0.2, 0) is 4.79 Å². The van der Waals surface area contributed by atoms with E-state index in [-0.39, 0.29) is 23.3 Å². The van der Waals surface area contributed by atoms with Gasteiger partial charge in [-0.1, -0.05) is 29.4 Å². The van der Waals surface area contributed by atoms with Gasteiger partial charge in [-0.2, -0.15) is 0 Å². The summed E-state index contributed by atoms with van der Waals surface area (Å²) in [6.07, 6.45) is 0. The molecule has 8 heteroatoms. The standard InChI is InChI=1S/C13H14ClN5OS/c1-7-2-3-8(14)4-9(7)17-12(20)6-21-13-18-10(15)5-11(16)19-13/h2-5H,6H2,1H3,(H,17,20)(H4,15,16,18,19). The van der Waals surface area contributed by atoms with Crippen molar-refractivity contribution < 1.29 is 4.79 Å².